The standard InChI is InChI=1S/C23H22N2O4.2ClH/c1-13-15-10-21(28-3)22(29-4)11-16(15)17(23(26)25-13)8-14-9-18-19(24-12-14)6-5-7-20(18)27-2;;/h5-7,9-12H,8H2,1-4H3,(H,25,26);2*1H. The maximum absolute atomic E-state index is 10.6. The summed E-state index contributed by atoms with van der Waals surface area (Å²) in [7, 11) is 4.84. The number of aromatic hydroxyl groups is 1. The molecule has 2 aromatic carbocycles. The highest BCUT2D eigenvalue weighted by Crippen LogP contribution is 2.38. The number of aromatic nitrogens is 2. The topological polar surface area (TPSA) is 73.7 Å². The van der Waals surface area contributed by atoms with E-state index in [1.54, 1.807) is 21.3 Å². The van der Waals surface area contributed by atoms with Crippen LogP contribution in [0.1, 0.15) is 16.8 Å². The lowest BCUT2D eigenvalue weighted by molar-refractivity contribution is 0.355. The van der Waals surface area contributed by atoms with Crippen LogP contribution in [0.5, 0.6) is 23.1 Å². The van der Waals surface area contributed by atoms with Crippen LogP contribution in [-0.4, -0.2) is 36.4 Å². The molecule has 0 radical (unpaired) electrons. The molecule has 0 saturated heterocycles. The van der Waals surface area contributed by atoms with Gasteiger partial charge in [-0.25, -0.2) is 4.98 Å². The van der Waals surface area contributed by atoms with Gasteiger partial charge in [-0.3, -0.25) is 4.98 Å². The fraction of sp³-hybridized carbons (Fsp3) is 0.217. The number of rotatable bonds is 5. The fourth-order valence-electron chi connectivity index (χ4n) is 3.65. The molecule has 4 aromatic rings. The van der Waals surface area contributed by atoms with Crippen LogP contribution in [0.2, 0.25) is 0 Å². The summed E-state index contributed by atoms with van der Waals surface area (Å²) in [5.41, 5.74) is 3.23. The highest BCUT2D eigenvalue weighted by Gasteiger charge is 2.17. The Labute approximate surface area is 193 Å². The van der Waals surface area contributed by atoms with Gasteiger partial charge in [0.2, 0.25) is 5.88 Å². The number of methoxy groups -OCH3 is 3. The minimum Gasteiger partial charge on any atom is -0.496 e. The van der Waals surface area contributed by atoms with Gasteiger partial charge in [-0.2, -0.15) is 0 Å². The van der Waals surface area contributed by atoms with E-state index in [-0.39, 0.29) is 30.7 Å². The van der Waals surface area contributed by atoms with Gasteiger partial charge in [0.05, 0.1) is 26.8 Å². The summed E-state index contributed by atoms with van der Waals surface area (Å²) in [5, 5.41) is 13.3. The minimum absolute atomic E-state index is 0. The Bertz CT molecular complexity index is 1230. The zero-order valence-electron chi connectivity index (χ0n) is 17.6. The molecule has 0 aliphatic heterocycles. The first-order chi connectivity index (χ1) is 14.0. The molecule has 4 rings (SSSR count). The van der Waals surface area contributed by atoms with Gasteiger partial charge in [-0.05, 0) is 48.2 Å². The normalized spacial score (nSPS) is 10.3. The second-order valence-corrected chi connectivity index (χ2v) is 6.80. The fourth-order valence-corrected chi connectivity index (χ4v) is 3.65. The van der Waals surface area contributed by atoms with E-state index in [0.29, 0.717) is 23.5 Å². The highest BCUT2D eigenvalue weighted by atomic mass is 35.5. The number of fused-ring (bicyclic) bond motifs is 2. The summed E-state index contributed by atoms with van der Waals surface area (Å²) < 4.78 is 16.3. The summed E-state index contributed by atoms with van der Waals surface area (Å²) in [6.07, 6.45) is 2.28. The third kappa shape index (κ3) is 4.40. The third-order valence-corrected chi connectivity index (χ3v) is 5.13. The van der Waals surface area contributed by atoms with Crippen molar-refractivity contribution in [2.45, 2.75) is 13.3 Å². The Kier molecular flexibility index (Phi) is 7.76. The monoisotopic (exact) mass is 462 g/mol. The number of nitrogens with zero attached hydrogens (tertiary/aromatic N) is 2. The summed E-state index contributed by atoms with van der Waals surface area (Å²) in [6.45, 7) is 1.86. The molecule has 0 spiro atoms. The lowest BCUT2D eigenvalue weighted by atomic mass is 9.98. The van der Waals surface area contributed by atoms with Crippen molar-refractivity contribution >= 4 is 46.5 Å². The maximum atomic E-state index is 10.6. The second-order valence-electron chi connectivity index (χ2n) is 6.80. The van der Waals surface area contributed by atoms with Crippen molar-refractivity contribution in [1.29, 1.82) is 0 Å². The molecule has 0 atom stereocenters. The number of benzene rings is 2. The SMILES string of the molecule is COc1cc2c(C)nc(O)c(Cc3cnc4cccc(OC)c4c3)c2cc1OC.Cl.Cl. The van der Waals surface area contributed by atoms with Gasteiger partial charge >= 0.3 is 0 Å². The Hall–Kier alpha value is -2.96. The van der Waals surface area contributed by atoms with E-state index in [9.17, 15) is 5.11 Å². The van der Waals surface area contributed by atoms with Crippen LogP contribution in [0.15, 0.2) is 42.6 Å². The summed E-state index contributed by atoms with van der Waals surface area (Å²) in [5.74, 6) is 1.99. The van der Waals surface area contributed by atoms with E-state index >= 15 is 0 Å². The molecule has 0 saturated carbocycles. The van der Waals surface area contributed by atoms with Crippen LogP contribution >= 0.6 is 24.8 Å². The molecule has 1 N–H and O–H groups in total. The Balaban J connectivity index is 0.00000171. The lowest BCUT2D eigenvalue weighted by Gasteiger charge is -2.15. The minimum atomic E-state index is 0. The van der Waals surface area contributed by atoms with Crippen LogP contribution in [0.25, 0.3) is 21.7 Å². The molecule has 0 amide bonds. The zero-order chi connectivity index (χ0) is 20.5. The maximum Gasteiger partial charge on any atom is 0.215 e. The van der Waals surface area contributed by atoms with Crippen molar-refractivity contribution in [2.24, 2.45) is 0 Å². The van der Waals surface area contributed by atoms with Crippen molar-refractivity contribution < 1.29 is 19.3 Å². The molecular formula is C23H24Cl2N2O4. The largest absolute Gasteiger partial charge is 0.496 e. The molecule has 0 aliphatic carbocycles. The molecule has 8 heteroatoms. The van der Waals surface area contributed by atoms with Crippen molar-refractivity contribution in [3.8, 4) is 23.1 Å². The molecule has 6 nitrogen and oxygen atoms in total. The van der Waals surface area contributed by atoms with Gasteiger partial charge in [0.1, 0.15) is 5.75 Å². The summed E-state index contributed by atoms with van der Waals surface area (Å²) in [6, 6.07) is 11.6. The lowest BCUT2D eigenvalue weighted by Crippen LogP contribution is -1.99. The van der Waals surface area contributed by atoms with E-state index in [4.69, 9.17) is 14.2 Å². The molecule has 164 valence electrons. The van der Waals surface area contributed by atoms with Crippen LogP contribution in [0.4, 0.5) is 0 Å². The summed E-state index contributed by atoms with van der Waals surface area (Å²) >= 11 is 0. The number of ether oxygens (including phenoxy) is 3. The predicted molar refractivity (Wildman–Crippen MR) is 127 cm³/mol. The first kappa shape index (κ1) is 24.3. The first-order valence-corrected chi connectivity index (χ1v) is 9.21. The molecular weight excluding hydrogens is 439 g/mol. The predicted octanol–water partition coefficient (Wildman–Crippen LogP) is 5.26. The van der Waals surface area contributed by atoms with E-state index in [1.807, 2.05) is 49.5 Å². The number of hydrogen-bond acceptors (Lipinski definition) is 6. The van der Waals surface area contributed by atoms with Crippen LogP contribution < -0.4 is 14.2 Å². The zero-order valence-corrected chi connectivity index (χ0v) is 19.3. The van der Waals surface area contributed by atoms with Gasteiger partial charge in [-0.1, -0.05) is 6.07 Å². The number of hydrogen-bond donors (Lipinski definition) is 1. The quantitative estimate of drug-likeness (QED) is 0.436. The van der Waals surface area contributed by atoms with Crippen LogP contribution in [0.3, 0.4) is 0 Å². The van der Waals surface area contributed by atoms with Crippen LogP contribution in [0, 0.1) is 6.92 Å². The van der Waals surface area contributed by atoms with Crippen molar-refractivity contribution in [3.05, 3.63) is 59.4 Å². The number of aryl methyl sites for hydroxylation is 1. The van der Waals surface area contributed by atoms with Gasteiger partial charge < -0.3 is 19.3 Å². The molecule has 0 bridgehead atoms. The van der Waals surface area contributed by atoms with E-state index in [0.717, 1.165) is 38.7 Å². The van der Waals surface area contributed by atoms with Gasteiger partial charge in [0, 0.05) is 34.6 Å². The van der Waals surface area contributed by atoms with Gasteiger partial charge in [-0.15, -0.1) is 24.8 Å². The highest BCUT2D eigenvalue weighted by molar-refractivity contribution is 5.92. The third-order valence-electron chi connectivity index (χ3n) is 5.13. The van der Waals surface area contributed by atoms with E-state index in [2.05, 4.69) is 9.97 Å². The van der Waals surface area contributed by atoms with Crippen molar-refractivity contribution in [1.82, 2.24) is 9.97 Å². The number of halogens is 2. The Morgan fingerprint density at radius 2 is 1.48 bits per heavy atom. The first-order valence-electron chi connectivity index (χ1n) is 9.21. The van der Waals surface area contributed by atoms with Crippen LogP contribution in [-0.2, 0) is 6.42 Å². The van der Waals surface area contributed by atoms with Crippen molar-refractivity contribution in [3.63, 3.8) is 0 Å². The average Bonchev–Trinajstić information content (AvgIpc) is 2.75. The number of pyridine rings is 2. The molecule has 0 aliphatic rings. The molecule has 0 unspecified atom stereocenters. The average molecular weight is 463 g/mol. The second kappa shape index (κ2) is 9.90. The Morgan fingerprint density at radius 1 is 0.839 bits per heavy atom. The summed E-state index contributed by atoms with van der Waals surface area (Å²) in [4.78, 5) is 8.89. The smallest absolute Gasteiger partial charge is 0.215 e. The molecule has 0 fully saturated rings. The van der Waals surface area contributed by atoms with Gasteiger partial charge in [0.25, 0.3) is 0 Å². The van der Waals surface area contributed by atoms with E-state index < -0.39 is 0 Å². The molecule has 2 aromatic heterocycles. The molecule has 2 heterocycles. The van der Waals surface area contributed by atoms with E-state index in [1.165, 1.54) is 0 Å². The Morgan fingerprint density at radius 3 is 2.13 bits per heavy atom. The van der Waals surface area contributed by atoms with Gasteiger partial charge in [0.15, 0.2) is 11.5 Å². The van der Waals surface area contributed by atoms with Crippen molar-refractivity contribution in [2.75, 3.05) is 21.3 Å². The molecule has 31 heavy (non-hydrogen) atoms.